The zero-order valence-corrected chi connectivity index (χ0v) is 13.2. The molecule has 21 heavy (non-hydrogen) atoms. The highest BCUT2D eigenvalue weighted by Gasteiger charge is 2.09. The number of benzene rings is 1. The summed E-state index contributed by atoms with van der Waals surface area (Å²) in [5.74, 6) is 2.13. The second-order valence-corrected chi connectivity index (χ2v) is 5.09. The molecule has 0 saturated carbocycles. The molecule has 0 saturated heterocycles. The smallest absolute Gasteiger partial charge is 0.226 e. The van der Waals surface area contributed by atoms with Gasteiger partial charge in [-0.1, -0.05) is 31.1 Å². The van der Waals surface area contributed by atoms with E-state index in [2.05, 4.69) is 48.4 Å². The number of aryl methyl sites for hydroxylation is 3. The Balaban J connectivity index is 2.05. The largest absolute Gasteiger partial charge is 0.485 e. The average molecular weight is 289 g/mol. The van der Waals surface area contributed by atoms with Gasteiger partial charge in [-0.05, 0) is 37.1 Å². The van der Waals surface area contributed by atoms with Gasteiger partial charge in [0.15, 0.2) is 6.61 Å². The van der Waals surface area contributed by atoms with Crippen LogP contribution in [-0.2, 0) is 19.6 Å². The molecule has 0 spiro atoms. The predicted molar refractivity (Wildman–Crippen MR) is 81.3 cm³/mol. The van der Waals surface area contributed by atoms with Gasteiger partial charge in [0.05, 0.1) is 0 Å². The minimum absolute atomic E-state index is 0.331. The Morgan fingerprint density at radius 1 is 1.19 bits per heavy atom. The quantitative estimate of drug-likeness (QED) is 0.849. The van der Waals surface area contributed by atoms with Gasteiger partial charge in [-0.3, -0.25) is 0 Å². The summed E-state index contributed by atoms with van der Waals surface area (Å²) in [6, 6.07) is 4.30. The van der Waals surface area contributed by atoms with Gasteiger partial charge in [-0.25, -0.2) is 0 Å². The minimum atomic E-state index is 0.331. The summed E-state index contributed by atoms with van der Waals surface area (Å²) >= 11 is 0. The fraction of sp³-hybridized carbons (Fsp3) is 0.500. The van der Waals surface area contributed by atoms with E-state index in [4.69, 9.17) is 9.26 Å². The lowest BCUT2D eigenvalue weighted by Crippen LogP contribution is -2.12. The van der Waals surface area contributed by atoms with Crippen LogP contribution >= 0.6 is 0 Å². The summed E-state index contributed by atoms with van der Waals surface area (Å²) in [5.41, 5.74) is 3.52. The molecule has 1 N–H and O–H groups in total. The van der Waals surface area contributed by atoms with E-state index in [1.165, 1.54) is 5.56 Å². The van der Waals surface area contributed by atoms with Gasteiger partial charge in [0, 0.05) is 13.0 Å². The monoisotopic (exact) mass is 289 g/mol. The van der Waals surface area contributed by atoms with Crippen molar-refractivity contribution in [3.8, 4) is 5.75 Å². The fourth-order valence-corrected chi connectivity index (χ4v) is 2.27. The van der Waals surface area contributed by atoms with Crippen molar-refractivity contribution >= 4 is 0 Å². The zero-order chi connectivity index (χ0) is 15.2. The van der Waals surface area contributed by atoms with Crippen LogP contribution in [0.25, 0.3) is 0 Å². The van der Waals surface area contributed by atoms with Crippen LogP contribution in [0, 0.1) is 13.8 Å². The Kier molecular flexibility index (Phi) is 5.33. The highest BCUT2D eigenvalue weighted by Crippen LogP contribution is 2.25. The second-order valence-electron chi connectivity index (χ2n) is 5.09. The minimum Gasteiger partial charge on any atom is -0.485 e. The molecule has 1 heterocycles. The van der Waals surface area contributed by atoms with Crippen molar-refractivity contribution in [1.82, 2.24) is 15.5 Å². The first-order valence-electron chi connectivity index (χ1n) is 7.39. The van der Waals surface area contributed by atoms with Crippen molar-refractivity contribution in [1.29, 1.82) is 0 Å². The number of hydrogen-bond donors (Lipinski definition) is 1. The maximum absolute atomic E-state index is 5.87. The summed E-state index contributed by atoms with van der Waals surface area (Å²) in [6.07, 6.45) is 0.740. The summed E-state index contributed by atoms with van der Waals surface area (Å²) < 4.78 is 10.9. The zero-order valence-electron chi connectivity index (χ0n) is 13.2. The van der Waals surface area contributed by atoms with E-state index in [0.717, 1.165) is 36.4 Å². The Morgan fingerprint density at radius 2 is 1.90 bits per heavy atom. The number of hydrogen-bond acceptors (Lipinski definition) is 5. The normalized spacial score (nSPS) is 10.9. The van der Waals surface area contributed by atoms with Crippen LogP contribution in [0.4, 0.5) is 0 Å². The fourth-order valence-electron chi connectivity index (χ4n) is 2.27. The molecule has 5 heteroatoms. The molecule has 2 aromatic rings. The van der Waals surface area contributed by atoms with E-state index in [-0.39, 0.29) is 0 Å². The van der Waals surface area contributed by atoms with Crippen molar-refractivity contribution in [2.45, 2.75) is 47.3 Å². The van der Waals surface area contributed by atoms with E-state index in [1.54, 1.807) is 0 Å². The van der Waals surface area contributed by atoms with E-state index in [0.29, 0.717) is 18.3 Å². The Morgan fingerprint density at radius 3 is 2.48 bits per heavy atom. The second kappa shape index (κ2) is 7.22. The molecule has 0 atom stereocenters. The molecule has 1 aromatic heterocycles. The molecule has 114 valence electrons. The van der Waals surface area contributed by atoms with Gasteiger partial charge < -0.3 is 14.6 Å². The van der Waals surface area contributed by atoms with Crippen molar-refractivity contribution in [3.63, 3.8) is 0 Å². The van der Waals surface area contributed by atoms with Crippen molar-refractivity contribution in [2.75, 3.05) is 6.54 Å². The molecule has 1 aromatic carbocycles. The van der Waals surface area contributed by atoms with E-state index < -0.39 is 0 Å². The van der Waals surface area contributed by atoms with Gasteiger partial charge in [0.2, 0.25) is 11.7 Å². The maximum atomic E-state index is 5.87. The molecule has 0 unspecified atom stereocenters. The lowest BCUT2D eigenvalue weighted by molar-refractivity contribution is 0.281. The molecule has 0 aliphatic heterocycles. The van der Waals surface area contributed by atoms with Crippen molar-refractivity contribution in [2.24, 2.45) is 0 Å². The third-order valence-electron chi connectivity index (χ3n) is 3.26. The van der Waals surface area contributed by atoms with E-state index in [1.807, 2.05) is 6.92 Å². The van der Waals surface area contributed by atoms with Crippen molar-refractivity contribution < 1.29 is 9.26 Å². The molecule has 5 nitrogen and oxygen atoms in total. The maximum Gasteiger partial charge on any atom is 0.226 e. The molecule has 0 bridgehead atoms. The van der Waals surface area contributed by atoms with Gasteiger partial charge in [-0.2, -0.15) is 4.98 Å². The van der Waals surface area contributed by atoms with Crippen LogP contribution in [0.1, 0.15) is 42.3 Å². The standard InChI is InChI=1S/C16H23N3O2/c1-5-15-18-14(19-21-15)10-20-16-11(3)7-13(8-12(16)4)9-17-6-2/h7-8,17H,5-6,9-10H2,1-4H3. The average Bonchev–Trinajstić information content (AvgIpc) is 2.92. The molecule has 2 rings (SSSR count). The number of nitrogens with one attached hydrogen (secondary N) is 1. The molecular formula is C16H23N3O2. The first-order chi connectivity index (χ1) is 10.1. The third kappa shape index (κ3) is 4.04. The van der Waals surface area contributed by atoms with Gasteiger partial charge in [0.1, 0.15) is 5.75 Å². The van der Waals surface area contributed by atoms with Crippen LogP contribution < -0.4 is 10.1 Å². The third-order valence-corrected chi connectivity index (χ3v) is 3.26. The summed E-state index contributed by atoms with van der Waals surface area (Å²) in [5, 5.41) is 7.23. The van der Waals surface area contributed by atoms with Crippen molar-refractivity contribution in [3.05, 3.63) is 40.5 Å². The lowest BCUT2D eigenvalue weighted by Gasteiger charge is -2.13. The predicted octanol–water partition coefficient (Wildman–Crippen LogP) is 2.94. The van der Waals surface area contributed by atoms with Crippen LogP contribution in [-0.4, -0.2) is 16.7 Å². The van der Waals surface area contributed by atoms with Crippen LogP contribution in [0.15, 0.2) is 16.7 Å². The highest BCUT2D eigenvalue weighted by molar-refractivity contribution is 5.43. The summed E-state index contributed by atoms with van der Waals surface area (Å²) in [4.78, 5) is 4.25. The number of ether oxygens (including phenoxy) is 1. The van der Waals surface area contributed by atoms with E-state index in [9.17, 15) is 0 Å². The number of rotatable bonds is 7. The summed E-state index contributed by atoms with van der Waals surface area (Å²) in [6.45, 7) is 10.4. The van der Waals surface area contributed by atoms with Gasteiger partial charge in [-0.15, -0.1) is 0 Å². The topological polar surface area (TPSA) is 60.2 Å². The number of nitrogens with zero attached hydrogens (tertiary/aromatic N) is 2. The number of aromatic nitrogens is 2. The summed E-state index contributed by atoms with van der Waals surface area (Å²) in [7, 11) is 0. The SMILES string of the molecule is CCNCc1cc(C)c(OCc2noc(CC)n2)c(C)c1. The lowest BCUT2D eigenvalue weighted by atomic mass is 10.1. The van der Waals surface area contributed by atoms with Crippen LogP contribution in [0.5, 0.6) is 5.75 Å². The Labute approximate surface area is 125 Å². The Bertz CT molecular complexity index is 570. The van der Waals surface area contributed by atoms with E-state index >= 15 is 0 Å². The van der Waals surface area contributed by atoms with Gasteiger partial charge >= 0.3 is 0 Å². The molecule has 0 fully saturated rings. The molecule has 0 aliphatic rings. The van der Waals surface area contributed by atoms with Crippen LogP contribution in [0.3, 0.4) is 0 Å². The molecule has 0 aliphatic carbocycles. The molecule has 0 radical (unpaired) electrons. The molecule has 0 amide bonds. The Hall–Kier alpha value is -1.88. The first kappa shape index (κ1) is 15.5. The highest BCUT2D eigenvalue weighted by atomic mass is 16.5. The first-order valence-corrected chi connectivity index (χ1v) is 7.39. The van der Waals surface area contributed by atoms with Gasteiger partial charge in [0.25, 0.3) is 0 Å². The molecular weight excluding hydrogens is 266 g/mol. The van der Waals surface area contributed by atoms with Crippen LogP contribution in [0.2, 0.25) is 0 Å².